The number of carbonyl (C=O) groups excluding carboxylic acids is 1. The summed E-state index contributed by atoms with van der Waals surface area (Å²) in [5, 5.41) is 10.9. The van der Waals surface area contributed by atoms with Crippen LogP contribution in [0.15, 0.2) is 0 Å². The molecule has 2 aliphatic rings. The van der Waals surface area contributed by atoms with Crippen molar-refractivity contribution in [2.45, 2.75) is 88.8 Å². The fraction of sp³-hybridized carbons (Fsp3) is 0.941. The second-order valence-electron chi connectivity index (χ2n) is 6.96. The molecule has 0 atom stereocenters. The molecular formula is C17H30O2Si-. The number of hydrogen-bond donors (Lipinski definition) is 0. The number of carboxylic acids is 1. The van der Waals surface area contributed by atoms with Crippen molar-refractivity contribution in [3.63, 3.8) is 0 Å². The Labute approximate surface area is 126 Å². The molecule has 2 fully saturated rings. The highest BCUT2D eigenvalue weighted by atomic mass is 28.3. The van der Waals surface area contributed by atoms with Gasteiger partial charge in [-0.15, -0.1) is 0 Å². The van der Waals surface area contributed by atoms with Gasteiger partial charge in [0.25, 0.3) is 0 Å². The van der Waals surface area contributed by atoms with Crippen LogP contribution in [0.5, 0.6) is 0 Å². The van der Waals surface area contributed by atoms with E-state index in [1.54, 1.807) is 0 Å². The standard InChI is InChI=1S/C17H31O2Si/c1-2-3-4-5-14-6-8-16(9-7-14)20-12-10-15(11-13-20)17(18)19/h14-16H,2-13H2,1H3,(H,18,19)/p-1. The summed E-state index contributed by atoms with van der Waals surface area (Å²) in [6, 6.07) is 2.46. The summed E-state index contributed by atoms with van der Waals surface area (Å²) in [6.07, 6.45) is 13.2. The van der Waals surface area contributed by atoms with Gasteiger partial charge in [0, 0.05) is 5.97 Å². The molecule has 0 aromatic rings. The Morgan fingerprint density at radius 1 is 1.05 bits per heavy atom. The smallest absolute Gasteiger partial charge is 0.0512 e. The number of carboxylic acid groups (broad SMARTS) is 1. The van der Waals surface area contributed by atoms with E-state index in [9.17, 15) is 9.90 Å². The van der Waals surface area contributed by atoms with E-state index in [1.165, 1.54) is 63.5 Å². The van der Waals surface area contributed by atoms with Crippen LogP contribution in [0, 0.1) is 11.8 Å². The molecule has 0 unspecified atom stereocenters. The van der Waals surface area contributed by atoms with Crippen molar-refractivity contribution in [2.24, 2.45) is 11.8 Å². The largest absolute Gasteiger partial charge is 0.550 e. The second-order valence-corrected chi connectivity index (χ2v) is 10.1. The van der Waals surface area contributed by atoms with E-state index < -0.39 is 5.97 Å². The third-order valence-electron chi connectivity index (χ3n) is 5.60. The van der Waals surface area contributed by atoms with Crippen LogP contribution in [0.1, 0.15) is 71.1 Å². The fourth-order valence-electron chi connectivity index (χ4n) is 4.17. The summed E-state index contributed by atoms with van der Waals surface area (Å²) in [5.41, 5.74) is 0.991. The summed E-state index contributed by atoms with van der Waals surface area (Å²) in [4.78, 5) is 10.9. The van der Waals surface area contributed by atoms with Gasteiger partial charge in [-0.05, 0) is 30.2 Å². The molecule has 0 spiro atoms. The third kappa shape index (κ3) is 4.61. The molecule has 2 rings (SSSR count). The van der Waals surface area contributed by atoms with Crippen LogP contribution < -0.4 is 5.11 Å². The highest BCUT2D eigenvalue weighted by Crippen LogP contribution is 2.41. The Bertz CT molecular complexity index is 289. The molecule has 1 aliphatic carbocycles. The molecule has 0 amide bonds. The highest BCUT2D eigenvalue weighted by molar-refractivity contribution is 6.60. The van der Waals surface area contributed by atoms with Crippen molar-refractivity contribution >= 4 is 14.8 Å². The summed E-state index contributed by atoms with van der Waals surface area (Å²) >= 11 is 0. The van der Waals surface area contributed by atoms with Crippen LogP contribution in [0.25, 0.3) is 0 Å². The van der Waals surface area contributed by atoms with Gasteiger partial charge in [-0.3, -0.25) is 0 Å². The molecule has 0 aromatic heterocycles. The molecule has 0 aromatic carbocycles. The SMILES string of the molecule is CCCCCC1CCC([Si]2CCC(C(=O)[O-])CC2)CC1. The maximum atomic E-state index is 10.9. The molecule has 2 nitrogen and oxygen atoms in total. The molecule has 1 radical (unpaired) electrons. The summed E-state index contributed by atoms with van der Waals surface area (Å²) in [6.45, 7) is 2.28. The first-order chi connectivity index (χ1) is 9.70. The number of carbonyl (C=O) groups is 1. The Morgan fingerprint density at radius 2 is 1.70 bits per heavy atom. The van der Waals surface area contributed by atoms with Crippen molar-refractivity contribution in [1.29, 1.82) is 0 Å². The monoisotopic (exact) mass is 294 g/mol. The van der Waals surface area contributed by atoms with E-state index in [0.717, 1.165) is 24.3 Å². The fourth-order valence-corrected chi connectivity index (χ4v) is 7.83. The molecule has 1 saturated carbocycles. The minimum Gasteiger partial charge on any atom is -0.550 e. The van der Waals surface area contributed by atoms with Crippen LogP contribution in [0.3, 0.4) is 0 Å². The van der Waals surface area contributed by atoms with Gasteiger partial charge in [-0.1, -0.05) is 70.4 Å². The zero-order valence-corrected chi connectivity index (χ0v) is 14.0. The molecule has 1 saturated heterocycles. The Morgan fingerprint density at radius 3 is 2.25 bits per heavy atom. The van der Waals surface area contributed by atoms with Gasteiger partial charge in [-0.2, -0.15) is 0 Å². The van der Waals surface area contributed by atoms with Gasteiger partial charge >= 0.3 is 0 Å². The topological polar surface area (TPSA) is 40.1 Å². The third-order valence-corrected chi connectivity index (χ3v) is 9.20. The van der Waals surface area contributed by atoms with Crippen LogP contribution in [0.4, 0.5) is 0 Å². The van der Waals surface area contributed by atoms with Crippen molar-refractivity contribution in [3.05, 3.63) is 0 Å². The van der Waals surface area contributed by atoms with Gasteiger partial charge in [0.05, 0.1) is 8.80 Å². The maximum Gasteiger partial charge on any atom is 0.0512 e. The number of aliphatic carboxylic acids is 1. The van der Waals surface area contributed by atoms with Crippen LogP contribution in [0.2, 0.25) is 17.6 Å². The molecule has 0 bridgehead atoms. The average molecular weight is 295 g/mol. The van der Waals surface area contributed by atoms with Crippen molar-refractivity contribution in [2.75, 3.05) is 0 Å². The molecule has 3 heteroatoms. The predicted octanol–water partition coefficient (Wildman–Crippen LogP) is 3.78. The number of rotatable bonds is 6. The zero-order valence-electron chi connectivity index (χ0n) is 13.0. The highest BCUT2D eigenvalue weighted by Gasteiger charge is 2.32. The van der Waals surface area contributed by atoms with Gasteiger partial charge in [0.15, 0.2) is 0 Å². The molecule has 115 valence electrons. The van der Waals surface area contributed by atoms with Crippen LogP contribution in [-0.2, 0) is 4.79 Å². The Kier molecular flexibility index (Phi) is 6.59. The van der Waals surface area contributed by atoms with E-state index in [4.69, 9.17) is 0 Å². The van der Waals surface area contributed by atoms with E-state index in [1.807, 2.05) is 0 Å². The van der Waals surface area contributed by atoms with Gasteiger partial charge in [0.1, 0.15) is 0 Å². The summed E-state index contributed by atoms with van der Waals surface area (Å²) < 4.78 is 0. The number of hydrogen-bond acceptors (Lipinski definition) is 2. The quantitative estimate of drug-likeness (QED) is 0.552. The lowest BCUT2D eigenvalue weighted by Gasteiger charge is -2.37. The lowest BCUT2D eigenvalue weighted by atomic mass is 9.85. The van der Waals surface area contributed by atoms with E-state index >= 15 is 0 Å². The lowest BCUT2D eigenvalue weighted by molar-refractivity contribution is -0.311. The predicted molar refractivity (Wildman–Crippen MR) is 82.9 cm³/mol. The molecule has 1 aliphatic heterocycles. The zero-order chi connectivity index (χ0) is 14.4. The molecule has 0 N–H and O–H groups in total. The Balaban J connectivity index is 1.65. The second kappa shape index (κ2) is 8.21. The minimum absolute atomic E-state index is 0.130. The minimum atomic E-state index is -0.800. The average Bonchev–Trinajstić information content (AvgIpc) is 2.48. The summed E-state index contributed by atoms with van der Waals surface area (Å²) in [7, 11) is -0.253. The van der Waals surface area contributed by atoms with Crippen molar-refractivity contribution in [1.82, 2.24) is 0 Å². The lowest BCUT2D eigenvalue weighted by Crippen LogP contribution is -2.37. The van der Waals surface area contributed by atoms with E-state index in [0.29, 0.717) is 0 Å². The summed E-state index contributed by atoms with van der Waals surface area (Å²) in [5.74, 6) is 0.0692. The van der Waals surface area contributed by atoms with Crippen LogP contribution in [-0.4, -0.2) is 14.8 Å². The van der Waals surface area contributed by atoms with Gasteiger partial charge in [-0.25, -0.2) is 0 Å². The van der Waals surface area contributed by atoms with E-state index in [-0.39, 0.29) is 14.7 Å². The molecule has 20 heavy (non-hydrogen) atoms. The number of unbranched alkanes of at least 4 members (excludes halogenated alkanes) is 2. The molecule has 1 heterocycles. The van der Waals surface area contributed by atoms with E-state index in [2.05, 4.69) is 6.92 Å². The normalized spacial score (nSPS) is 29.4. The van der Waals surface area contributed by atoms with Crippen molar-refractivity contribution in [3.8, 4) is 0 Å². The van der Waals surface area contributed by atoms with Crippen LogP contribution >= 0.6 is 0 Å². The molecular weight excluding hydrogens is 264 g/mol. The first-order valence-electron chi connectivity index (χ1n) is 8.76. The van der Waals surface area contributed by atoms with Gasteiger partial charge in [0.2, 0.25) is 0 Å². The van der Waals surface area contributed by atoms with Gasteiger partial charge < -0.3 is 9.90 Å². The van der Waals surface area contributed by atoms with Crippen molar-refractivity contribution < 1.29 is 9.90 Å². The Hall–Kier alpha value is -0.313. The first-order valence-corrected chi connectivity index (χ1v) is 10.7. The maximum absolute atomic E-state index is 10.9. The first kappa shape index (κ1) is 16.1.